The number of thioether (sulfide) groups is 1. The smallest absolute Gasteiger partial charge is 0.315 e. The summed E-state index contributed by atoms with van der Waals surface area (Å²) in [6.45, 7) is 0. The standard InChI is InChI=1S/C18H17NO5S/c1-24-18(21)12-25-17(11-16(20)13-6-3-2-4-7-13)14-8-5-9-15(10-14)19(22)23/h2-10,17H,11-12H2,1H3/t17-/m1/s1. The summed E-state index contributed by atoms with van der Waals surface area (Å²) in [6.07, 6.45) is 0.132. The van der Waals surface area contributed by atoms with Crippen LogP contribution in [0.3, 0.4) is 0 Å². The fraction of sp³-hybridized carbons (Fsp3) is 0.222. The molecule has 130 valence electrons. The molecule has 0 radical (unpaired) electrons. The van der Waals surface area contributed by atoms with Crippen LogP contribution < -0.4 is 0 Å². The van der Waals surface area contributed by atoms with Crippen LogP contribution in [0.25, 0.3) is 0 Å². The van der Waals surface area contributed by atoms with Gasteiger partial charge in [0.2, 0.25) is 0 Å². The lowest BCUT2D eigenvalue weighted by Crippen LogP contribution is -2.10. The summed E-state index contributed by atoms with van der Waals surface area (Å²) in [4.78, 5) is 34.4. The van der Waals surface area contributed by atoms with Crippen molar-refractivity contribution in [2.45, 2.75) is 11.7 Å². The minimum atomic E-state index is -0.482. The molecule has 0 heterocycles. The molecule has 6 nitrogen and oxygen atoms in total. The van der Waals surface area contributed by atoms with Gasteiger partial charge in [-0.1, -0.05) is 42.5 Å². The van der Waals surface area contributed by atoms with E-state index in [4.69, 9.17) is 0 Å². The third-order valence-corrected chi connectivity index (χ3v) is 4.79. The van der Waals surface area contributed by atoms with Crippen LogP contribution in [0.5, 0.6) is 0 Å². The van der Waals surface area contributed by atoms with Gasteiger partial charge in [-0.05, 0) is 5.56 Å². The van der Waals surface area contributed by atoms with Crippen molar-refractivity contribution < 1.29 is 19.2 Å². The van der Waals surface area contributed by atoms with Crippen molar-refractivity contribution in [2.24, 2.45) is 0 Å². The molecule has 2 aromatic carbocycles. The lowest BCUT2D eigenvalue weighted by atomic mass is 10.0. The van der Waals surface area contributed by atoms with Gasteiger partial charge in [0.15, 0.2) is 5.78 Å². The van der Waals surface area contributed by atoms with Crippen LogP contribution in [0, 0.1) is 10.1 Å². The first-order valence-corrected chi connectivity index (χ1v) is 8.57. The van der Waals surface area contributed by atoms with Crippen molar-refractivity contribution >= 4 is 29.2 Å². The second kappa shape index (κ2) is 8.98. The summed E-state index contributed by atoms with van der Waals surface area (Å²) < 4.78 is 4.64. The monoisotopic (exact) mass is 359 g/mol. The first-order valence-electron chi connectivity index (χ1n) is 7.52. The molecule has 0 amide bonds. The van der Waals surface area contributed by atoms with E-state index < -0.39 is 10.9 Å². The number of carbonyl (C=O) groups is 2. The number of nitro groups is 1. The van der Waals surface area contributed by atoms with E-state index in [0.29, 0.717) is 11.1 Å². The Balaban J connectivity index is 2.23. The average Bonchev–Trinajstić information content (AvgIpc) is 2.65. The number of ketones is 1. The van der Waals surface area contributed by atoms with Crippen molar-refractivity contribution in [3.05, 3.63) is 75.8 Å². The number of ether oxygens (including phenoxy) is 1. The van der Waals surface area contributed by atoms with E-state index >= 15 is 0 Å². The molecule has 7 heteroatoms. The Hall–Kier alpha value is -2.67. The Morgan fingerprint density at radius 3 is 2.52 bits per heavy atom. The molecule has 0 saturated carbocycles. The summed E-state index contributed by atoms with van der Waals surface area (Å²) in [7, 11) is 1.29. The summed E-state index contributed by atoms with van der Waals surface area (Å²) in [5.74, 6) is -0.437. The van der Waals surface area contributed by atoms with Gasteiger partial charge in [0.05, 0.1) is 17.8 Å². The fourth-order valence-electron chi connectivity index (χ4n) is 2.25. The van der Waals surface area contributed by atoms with Crippen LogP contribution in [0.1, 0.15) is 27.6 Å². The molecule has 0 N–H and O–H groups in total. The van der Waals surface area contributed by atoms with Crippen molar-refractivity contribution in [3.8, 4) is 0 Å². The van der Waals surface area contributed by atoms with Gasteiger partial charge < -0.3 is 4.74 Å². The predicted octanol–water partition coefficient (Wildman–Crippen LogP) is 3.82. The number of hydrogen-bond donors (Lipinski definition) is 0. The molecule has 0 aliphatic rings. The van der Waals surface area contributed by atoms with Crippen molar-refractivity contribution in [1.82, 2.24) is 0 Å². The highest BCUT2D eigenvalue weighted by molar-refractivity contribution is 8.00. The van der Waals surface area contributed by atoms with Crippen LogP contribution in [0.2, 0.25) is 0 Å². The summed E-state index contributed by atoms with van der Waals surface area (Å²) in [5.41, 5.74) is 1.15. The molecule has 2 rings (SSSR count). The van der Waals surface area contributed by atoms with E-state index in [9.17, 15) is 19.7 Å². The zero-order valence-corrected chi connectivity index (χ0v) is 14.4. The van der Waals surface area contributed by atoms with Gasteiger partial charge in [0.1, 0.15) is 0 Å². The van der Waals surface area contributed by atoms with Gasteiger partial charge in [-0.3, -0.25) is 19.7 Å². The van der Waals surface area contributed by atoms with Crippen LogP contribution in [-0.4, -0.2) is 29.5 Å². The van der Waals surface area contributed by atoms with Crippen molar-refractivity contribution in [1.29, 1.82) is 0 Å². The van der Waals surface area contributed by atoms with Crippen LogP contribution in [0.15, 0.2) is 54.6 Å². The van der Waals surface area contributed by atoms with E-state index in [1.165, 1.54) is 31.0 Å². The molecule has 0 aromatic heterocycles. The first-order chi connectivity index (χ1) is 12.0. The molecule has 0 unspecified atom stereocenters. The molecular formula is C18H17NO5S. The van der Waals surface area contributed by atoms with Crippen LogP contribution in [0.4, 0.5) is 5.69 Å². The third-order valence-electron chi connectivity index (χ3n) is 3.55. The SMILES string of the molecule is COC(=O)CS[C@H](CC(=O)c1ccccc1)c1cccc([N+](=O)[O-])c1. The highest BCUT2D eigenvalue weighted by Crippen LogP contribution is 2.34. The number of nitro benzene ring substituents is 1. The number of esters is 1. The average molecular weight is 359 g/mol. The highest BCUT2D eigenvalue weighted by Gasteiger charge is 2.21. The van der Waals surface area contributed by atoms with Gasteiger partial charge >= 0.3 is 5.97 Å². The largest absolute Gasteiger partial charge is 0.468 e. The van der Waals surface area contributed by atoms with E-state index in [0.717, 1.165) is 0 Å². The van der Waals surface area contributed by atoms with Crippen LogP contribution in [-0.2, 0) is 9.53 Å². The predicted molar refractivity (Wildman–Crippen MR) is 95.7 cm³/mol. The Labute approximate surface area is 149 Å². The molecule has 0 fully saturated rings. The minimum absolute atomic E-state index is 0.0478. The lowest BCUT2D eigenvalue weighted by molar-refractivity contribution is -0.384. The van der Waals surface area contributed by atoms with Crippen molar-refractivity contribution in [3.63, 3.8) is 0 Å². The zero-order chi connectivity index (χ0) is 18.2. The van der Waals surface area contributed by atoms with Gasteiger partial charge in [0.25, 0.3) is 5.69 Å². The number of carbonyl (C=O) groups excluding carboxylic acids is 2. The summed E-state index contributed by atoms with van der Waals surface area (Å²) >= 11 is 1.23. The summed E-state index contributed by atoms with van der Waals surface area (Å²) in [6, 6.07) is 14.9. The maximum Gasteiger partial charge on any atom is 0.315 e. The number of rotatable bonds is 8. The van der Waals surface area contributed by atoms with Gasteiger partial charge in [0, 0.05) is 29.4 Å². The number of non-ortho nitro benzene ring substituents is 1. The fourth-order valence-corrected chi connectivity index (χ4v) is 3.31. The van der Waals surface area contributed by atoms with Gasteiger partial charge in [-0.2, -0.15) is 0 Å². The summed E-state index contributed by atoms with van der Waals surface area (Å²) in [5, 5.41) is 10.6. The maximum atomic E-state index is 12.5. The molecule has 0 aliphatic heterocycles. The van der Waals surface area contributed by atoms with Gasteiger partial charge in [-0.15, -0.1) is 11.8 Å². The molecule has 0 aliphatic carbocycles. The minimum Gasteiger partial charge on any atom is -0.468 e. The lowest BCUT2D eigenvalue weighted by Gasteiger charge is -2.16. The normalized spacial score (nSPS) is 11.6. The number of Topliss-reactive ketones (excluding diaryl/α,β-unsaturated/α-hetero) is 1. The number of benzene rings is 2. The third kappa shape index (κ3) is 5.42. The van der Waals surface area contributed by atoms with E-state index in [1.54, 1.807) is 36.4 Å². The molecule has 25 heavy (non-hydrogen) atoms. The number of nitrogens with zero attached hydrogens (tertiary/aromatic N) is 1. The molecule has 0 bridgehead atoms. The second-order valence-electron chi connectivity index (χ2n) is 5.22. The quantitative estimate of drug-likeness (QED) is 0.308. The van der Waals surface area contributed by atoms with E-state index in [2.05, 4.69) is 4.74 Å². The first kappa shape index (κ1) is 18.7. The highest BCUT2D eigenvalue weighted by atomic mass is 32.2. The number of hydrogen-bond acceptors (Lipinski definition) is 6. The Morgan fingerprint density at radius 2 is 1.88 bits per heavy atom. The van der Waals surface area contributed by atoms with E-state index in [-0.39, 0.29) is 28.9 Å². The Bertz CT molecular complexity index is 763. The number of methoxy groups -OCH3 is 1. The van der Waals surface area contributed by atoms with E-state index in [1.807, 2.05) is 6.07 Å². The molecule has 0 saturated heterocycles. The van der Waals surface area contributed by atoms with Crippen LogP contribution >= 0.6 is 11.8 Å². The molecular weight excluding hydrogens is 342 g/mol. The second-order valence-corrected chi connectivity index (χ2v) is 6.41. The Morgan fingerprint density at radius 1 is 1.16 bits per heavy atom. The maximum absolute atomic E-state index is 12.5. The molecule has 2 aromatic rings. The molecule has 0 spiro atoms. The van der Waals surface area contributed by atoms with Gasteiger partial charge in [-0.25, -0.2) is 0 Å². The Kier molecular flexibility index (Phi) is 6.71. The molecule has 1 atom stereocenters. The van der Waals surface area contributed by atoms with Crippen molar-refractivity contribution in [2.75, 3.05) is 12.9 Å². The zero-order valence-electron chi connectivity index (χ0n) is 13.6. The topological polar surface area (TPSA) is 86.5 Å².